The summed E-state index contributed by atoms with van der Waals surface area (Å²) in [5.41, 5.74) is 4.68. The lowest BCUT2D eigenvalue weighted by Gasteiger charge is -2.04. The van der Waals surface area contributed by atoms with Crippen LogP contribution in [0.3, 0.4) is 0 Å². The standard InChI is InChI=1S/C19H18N6O4/c1-12(14-5-7-15(8-6-14)25(27)28)21-23-19-20-18(26)17(22-24-19)11-13-3-9-16(29-2)10-4-13/h3-10H,11H2,1-2H3,(H2,20,23,24,26)/b21-12+. The van der Waals surface area contributed by atoms with Gasteiger partial charge in [0.15, 0.2) is 0 Å². The van der Waals surface area contributed by atoms with Crippen LogP contribution in [0, 0.1) is 10.1 Å². The van der Waals surface area contributed by atoms with Crippen molar-refractivity contribution in [2.24, 2.45) is 5.10 Å². The van der Waals surface area contributed by atoms with E-state index in [9.17, 15) is 14.9 Å². The van der Waals surface area contributed by atoms with Gasteiger partial charge in [0, 0.05) is 18.6 Å². The molecule has 0 unspecified atom stereocenters. The Labute approximate surface area is 165 Å². The number of H-pyrrole nitrogens is 1. The van der Waals surface area contributed by atoms with Crippen LogP contribution in [0.25, 0.3) is 0 Å². The molecule has 2 aromatic carbocycles. The number of nitro benzene ring substituents is 1. The van der Waals surface area contributed by atoms with E-state index in [0.29, 0.717) is 17.7 Å². The first-order valence-corrected chi connectivity index (χ1v) is 8.60. The quantitative estimate of drug-likeness (QED) is 0.357. The number of nitro groups is 1. The fourth-order valence-electron chi connectivity index (χ4n) is 2.49. The highest BCUT2D eigenvalue weighted by atomic mass is 16.6. The Morgan fingerprint density at radius 3 is 2.45 bits per heavy atom. The molecular weight excluding hydrogens is 376 g/mol. The molecule has 2 N–H and O–H groups in total. The van der Waals surface area contributed by atoms with Crippen LogP contribution >= 0.6 is 0 Å². The summed E-state index contributed by atoms with van der Waals surface area (Å²) in [6, 6.07) is 13.3. The Morgan fingerprint density at radius 1 is 1.17 bits per heavy atom. The molecule has 3 rings (SSSR count). The van der Waals surface area contributed by atoms with Crippen molar-refractivity contribution < 1.29 is 9.66 Å². The zero-order valence-electron chi connectivity index (χ0n) is 15.7. The minimum absolute atomic E-state index is 0.00263. The van der Waals surface area contributed by atoms with E-state index in [1.54, 1.807) is 26.2 Å². The first kappa shape index (κ1) is 19.7. The normalized spacial score (nSPS) is 11.2. The van der Waals surface area contributed by atoms with Gasteiger partial charge in [-0.05, 0) is 42.3 Å². The summed E-state index contributed by atoms with van der Waals surface area (Å²) in [5, 5.41) is 22.7. The second-order valence-electron chi connectivity index (χ2n) is 6.09. The van der Waals surface area contributed by atoms with Crippen molar-refractivity contribution in [2.75, 3.05) is 12.5 Å². The average molecular weight is 394 g/mol. The summed E-state index contributed by atoms with van der Waals surface area (Å²) in [5.74, 6) is 0.823. The molecule has 0 bridgehead atoms. The number of rotatable bonds is 7. The second kappa shape index (κ2) is 8.74. The first-order chi connectivity index (χ1) is 14.0. The van der Waals surface area contributed by atoms with Crippen molar-refractivity contribution in [1.29, 1.82) is 0 Å². The molecule has 0 aliphatic carbocycles. The summed E-state index contributed by atoms with van der Waals surface area (Å²) in [4.78, 5) is 25.1. The van der Waals surface area contributed by atoms with Gasteiger partial charge in [-0.25, -0.2) is 5.43 Å². The van der Waals surface area contributed by atoms with E-state index in [-0.39, 0.29) is 22.9 Å². The van der Waals surface area contributed by atoms with Gasteiger partial charge in [0.2, 0.25) is 5.95 Å². The number of methoxy groups -OCH3 is 1. The molecule has 148 valence electrons. The molecule has 0 saturated carbocycles. The van der Waals surface area contributed by atoms with Crippen molar-refractivity contribution in [2.45, 2.75) is 13.3 Å². The van der Waals surface area contributed by atoms with Crippen LogP contribution < -0.4 is 15.7 Å². The van der Waals surface area contributed by atoms with Gasteiger partial charge in [0.05, 0.1) is 17.7 Å². The molecule has 0 saturated heterocycles. The minimum atomic E-state index is -0.470. The van der Waals surface area contributed by atoms with E-state index in [0.717, 1.165) is 11.3 Å². The molecule has 0 aliphatic rings. The van der Waals surface area contributed by atoms with E-state index in [1.807, 2.05) is 24.3 Å². The van der Waals surface area contributed by atoms with E-state index < -0.39 is 4.92 Å². The number of anilines is 1. The highest BCUT2D eigenvalue weighted by Gasteiger charge is 2.08. The van der Waals surface area contributed by atoms with Crippen LogP contribution in [0.2, 0.25) is 0 Å². The number of hydrogen-bond acceptors (Lipinski definition) is 8. The lowest BCUT2D eigenvalue weighted by Crippen LogP contribution is -2.19. The topological polar surface area (TPSA) is 135 Å². The van der Waals surface area contributed by atoms with Gasteiger partial charge in [0.25, 0.3) is 11.2 Å². The maximum atomic E-state index is 12.2. The SMILES string of the molecule is COc1ccc(Cc2nnc(N/N=C(\C)c3ccc([N+](=O)[O-])cc3)[nH]c2=O)cc1. The molecule has 0 amide bonds. The number of hydrogen-bond donors (Lipinski definition) is 2. The third-order valence-electron chi connectivity index (χ3n) is 4.12. The third-order valence-corrected chi connectivity index (χ3v) is 4.12. The molecule has 29 heavy (non-hydrogen) atoms. The summed E-state index contributed by atoms with van der Waals surface area (Å²) >= 11 is 0. The molecule has 3 aromatic rings. The predicted molar refractivity (Wildman–Crippen MR) is 107 cm³/mol. The number of aromatic amines is 1. The number of aromatic nitrogens is 3. The zero-order chi connectivity index (χ0) is 20.8. The van der Waals surface area contributed by atoms with Crippen LogP contribution in [0.4, 0.5) is 11.6 Å². The van der Waals surface area contributed by atoms with E-state index in [4.69, 9.17) is 4.74 Å². The van der Waals surface area contributed by atoms with Crippen molar-refractivity contribution in [3.05, 3.63) is 85.8 Å². The fourth-order valence-corrected chi connectivity index (χ4v) is 2.49. The molecule has 10 heteroatoms. The maximum absolute atomic E-state index is 12.2. The smallest absolute Gasteiger partial charge is 0.274 e. The summed E-state index contributed by atoms with van der Waals surface area (Å²) in [6.45, 7) is 1.72. The lowest BCUT2D eigenvalue weighted by molar-refractivity contribution is -0.384. The van der Waals surface area contributed by atoms with Crippen molar-refractivity contribution in [3.63, 3.8) is 0 Å². The minimum Gasteiger partial charge on any atom is -0.497 e. The molecule has 1 aromatic heterocycles. The number of nitrogens with zero attached hydrogens (tertiary/aromatic N) is 4. The predicted octanol–water partition coefficient (Wildman–Crippen LogP) is 2.51. The van der Waals surface area contributed by atoms with Gasteiger partial charge >= 0.3 is 0 Å². The molecule has 0 aliphatic heterocycles. The van der Waals surface area contributed by atoms with Crippen LogP contribution in [0.15, 0.2) is 58.4 Å². The zero-order valence-corrected chi connectivity index (χ0v) is 15.7. The Kier molecular flexibility index (Phi) is 5.93. The highest BCUT2D eigenvalue weighted by Crippen LogP contribution is 2.14. The first-order valence-electron chi connectivity index (χ1n) is 8.60. The molecule has 10 nitrogen and oxygen atoms in total. The van der Waals surface area contributed by atoms with E-state index >= 15 is 0 Å². The number of benzene rings is 2. The largest absolute Gasteiger partial charge is 0.497 e. The molecule has 0 spiro atoms. The van der Waals surface area contributed by atoms with Crippen LogP contribution in [0.1, 0.15) is 23.7 Å². The Morgan fingerprint density at radius 2 is 1.86 bits per heavy atom. The van der Waals surface area contributed by atoms with E-state index in [1.165, 1.54) is 12.1 Å². The number of non-ortho nitro benzene ring substituents is 1. The summed E-state index contributed by atoms with van der Waals surface area (Å²) in [6.07, 6.45) is 0.331. The second-order valence-corrected chi connectivity index (χ2v) is 6.09. The van der Waals surface area contributed by atoms with E-state index in [2.05, 4.69) is 25.7 Å². The van der Waals surface area contributed by atoms with Crippen LogP contribution in [-0.4, -0.2) is 32.9 Å². The van der Waals surface area contributed by atoms with Gasteiger partial charge in [0.1, 0.15) is 11.4 Å². The monoisotopic (exact) mass is 394 g/mol. The van der Waals surface area contributed by atoms with Gasteiger partial charge in [-0.2, -0.15) is 5.10 Å². The molecule has 0 radical (unpaired) electrons. The number of ether oxygens (including phenoxy) is 1. The van der Waals surface area contributed by atoms with Crippen molar-refractivity contribution in [1.82, 2.24) is 15.2 Å². The fraction of sp³-hybridized carbons (Fsp3) is 0.158. The average Bonchev–Trinajstić information content (AvgIpc) is 2.74. The lowest BCUT2D eigenvalue weighted by atomic mass is 10.1. The Hall–Kier alpha value is -4.08. The Balaban J connectivity index is 1.68. The molecule has 0 fully saturated rings. The van der Waals surface area contributed by atoms with Crippen LogP contribution in [-0.2, 0) is 6.42 Å². The van der Waals surface area contributed by atoms with Crippen molar-refractivity contribution in [3.8, 4) is 5.75 Å². The van der Waals surface area contributed by atoms with Crippen LogP contribution in [0.5, 0.6) is 5.75 Å². The van der Waals surface area contributed by atoms with Gasteiger partial charge in [-0.1, -0.05) is 12.1 Å². The molecule has 1 heterocycles. The number of nitrogens with one attached hydrogen (secondary N) is 2. The molecular formula is C19H18N6O4. The number of hydrazone groups is 1. The highest BCUT2D eigenvalue weighted by molar-refractivity contribution is 5.99. The van der Waals surface area contributed by atoms with Gasteiger partial charge in [-0.15, -0.1) is 10.2 Å². The summed E-state index contributed by atoms with van der Waals surface area (Å²) in [7, 11) is 1.59. The third kappa shape index (κ3) is 5.01. The van der Waals surface area contributed by atoms with Crippen molar-refractivity contribution >= 4 is 17.3 Å². The van der Waals surface area contributed by atoms with Gasteiger partial charge in [-0.3, -0.25) is 19.9 Å². The molecule has 0 atom stereocenters. The maximum Gasteiger partial charge on any atom is 0.274 e. The summed E-state index contributed by atoms with van der Waals surface area (Å²) < 4.78 is 5.11. The van der Waals surface area contributed by atoms with Gasteiger partial charge < -0.3 is 4.74 Å². The Bertz CT molecular complexity index is 1090.